The smallest absolute Gasteiger partial charge is 0.264 e. The average Bonchev–Trinajstić information content (AvgIpc) is 2.66. The Labute approximate surface area is 172 Å². The summed E-state index contributed by atoms with van der Waals surface area (Å²) in [5.41, 5.74) is 0.651. The zero-order valence-electron chi connectivity index (χ0n) is 16.1. The number of amides is 1. The zero-order chi connectivity index (χ0) is 20.7. The summed E-state index contributed by atoms with van der Waals surface area (Å²) in [4.78, 5) is 12.4. The summed E-state index contributed by atoms with van der Waals surface area (Å²) in [7, 11) is -3.93. The Hall–Kier alpha value is -2.31. The van der Waals surface area contributed by atoms with Gasteiger partial charge in [0.15, 0.2) is 0 Å². The second-order valence-electron chi connectivity index (χ2n) is 6.74. The highest BCUT2D eigenvalue weighted by Crippen LogP contribution is 2.30. The fourth-order valence-electron chi connectivity index (χ4n) is 2.60. The van der Waals surface area contributed by atoms with E-state index in [1.54, 1.807) is 36.4 Å². The van der Waals surface area contributed by atoms with E-state index in [9.17, 15) is 13.2 Å². The Morgan fingerprint density at radius 3 is 2.57 bits per heavy atom. The quantitative estimate of drug-likeness (QED) is 0.607. The fraction of sp³-hybridized carbons (Fsp3) is 0.286. The van der Waals surface area contributed by atoms with Gasteiger partial charge in [0, 0.05) is 12.1 Å². The van der Waals surface area contributed by atoms with Crippen LogP contribution in [0.2, 0.25) is 5.02 Å². The molecule has 0 aromatic heterocycles. The molecule has 0 saturated carbocycles. The van der Waals surface area contributed by atoms with Gasteiger partial charge in [0.1, 0.15) is 0 Å². The Morgan fingerprint density at radius 1 is 1.21 bits per heavy atom. The third-order valence-corrected chi connectivity index (χ3v) is 6.20. The molecule has 0 atom stereocenters. The Morgan fingerprint density at radius 2 is 1.93 bits per heavy atom. The second kappa shape index (κ2) is 9.75. The van der Waals surface area contributed by atoms with Crippen LogP contribution in [0.5, 0.6) is 0 Å². The van der Waals surface area contributed by atoms with E-state index in [1.165, 1.54) is 22.5 Å². The SMILES string of the molecule is C=CCN(c1ccccc1Cl)S(=O)(=O)c1cccc(C(=O)NCCC(C)C)c1. The van der Waals surface area contributed by atoms with Gasteiger partial charge in [0.2, 0.25) is 0 Å². The molecule has 150 valence electrons. The predicted molar refractivity (Wildman–Crippen MR) is 114 cm³/mol. The number of rotatable bonds is 9. The maximum atomic E-state index is 13.2. The van der Waals surface area contributed by atoms with E-state index in [0.29, 0.717) is 28.7 Å². The molecule has 0 aliphatic carbocycles. The van der Waals surface area contributed by atoms with Gasteiger partial charge in [-0.15, -0.1) is 6.58 Å². The lowest BCUT2D eigenvalue weighted by molar-refractivity contribution is 0.0952. The first-order chi connectivity index (χ1) is 13.3. The van der Waals surface area contributed by atoms with Crippen LogP contribution >= 0.6 is 11.6 Å². The summed E-state index contributed by atoms with van der Waals surface area (Å²) in [5, 5.41) is 3.13. The minimum Gasteiger partial charge on any atom is -0.352 e. The van der Waals surface area contributed by atoms with Crippen molar-refractivity contribution in [1.82, 2.24) is 5.32 Å². The summed E-state index contributed by atoms with van der Waals surface area (Å²) in [5.74, 6) is 0.167. The molecule has 1 amide bonds. The molecule has 7 heteroatoms. The Bertz CT molecular complexity index is 942. The molecular weight excluding hydrogens is 396 g/mol. The van der Waals surface area contributed by atoms with Crippen LogP contribution in [-0.2, 0) is 10.0 Å². The molecule has 0 unspecified atom stereocenters. The third-order valence-electron chi connectivity index (χ3n) is 4.11. The first kappa shape index (κ1) is 22.0. The van der Waals surface area contributed by atoms with Gasteiger partial charge < -0.3 is 5.32 Å². The highest BCUT2D eigenvalue weighted by atomic mass is 35.5. The molecule has 2 rings (SSSR count). The molecular formula is C21H25ClN2O3S. The van der Waals surface area contributed by atoms with Crippen molar-refractivity contribution in [2.75, 3.05) is 17.4 Å². The molecule has 28 heavy (non-hydrogen) atoms. The summed E-state index contributed by atoms with van der Waals surface area (Å²) in [6.45, 7) is 8.38. The number of anilines is 1. The van der Waals surface area contributed by atoms with E-state index in [4.69, 9.17) is 11.6 Å². The maximum Gasteiger partial charge on any atom is 0.264 e. The van der Waals surface area contributed by atoms with Crippen LogP contribution in [0.25, 0.3) is 0 Å². The normalized spacial score (nSPS) is 11.3. The van der Waals surface area contributed by atoms with Crippen LogP contribution in [0, 0.1) is 5.92 Å². The van der Waals surface area contributed by atoms with Crippen LogP contribution in [0.15, 0.2) is 66.1 Å². The highest BCUT2D eigenvalue weighted by Gasteiger charge is 2.26. The molecule has 0 bridgehead atoms. The number of carbonyl (C=O) groups is 1. The van der Waals surface area contributed by atoms with Gasteiger partial charge in [0.05, 0.1) is 22.2 Å². The van der Waals surface area contributed by atoms with Crippen molar-refractivity contribution in [3.8, 4) is 0 Å². The van der Waals surface area contributed by atoms with E-state index >= 15 is 0 Å². The van der Waals surface area contributed by atoms with Crippen molar-refractivity contribution in [1.29, 1.82) is 0 Å². The number of benzene rings is 2. The van der Waals surface area contributed by atoms with Crippen molar-refractivity contribution in [2.45, 2.75) is 25.2 Å². The second-order valence-corrected chi connectivity index (χ2v) is 9.01. The molecule has 0 radical (unpaired) electrons. The van der Waals surface area contributed by atoms with Crippen LogP contribution in [0.3, 0.4) is 0 Å². The van der Waals surface area contributed by atoms with E-state index in [2.05, 4.69) is 25.7 Å². The van der Waals surface area contributed by atoms with E-state index < -0.39 is 10.0 Å². The molecule has 2 aromatic rings. The monoisotopic (exact) mass is 420 g/mol. The summed E-state index contributed by atoms with van der Waals surface area (Å²) in [6, 6.07) is 12.7. The van der Waals surface area contributed by atoms with Gasteiger partial charge in [-0.25, -0.2) is 8.42 Å². The lowest BCUT2D eigenvalue weighted by Crippen LogP contribution is -2.32. The molecule has 0 spiro atoms. The number of nitrogens with zero attached hydrogens (tertiary/aromatic N) is 1. The van der Waals surface area contributed by atoms with Gasteiger partial charge >= 0.3 is 0 Å². The van der Waals surface area contributed by atoms with Gasteiger partial charge in [-0.3, -0.25) is 9.10 Å². The summed E-state index contributed by atoms with van der Waals surface area (Å²) < 4.78 is 27.7. The minimum atomic E-state index is -3.93. The van der Waals surface area contributed by atoms with Crippen molar-refractivity contribution in [2.24, 2.45) is 5.92 Å². The van der Waals surface area contributed by atoms with Crippen LogP contribution < -0.4 is 9.62 Å². The molecule has 0 aliphatic rings. The Kier molecular flexibility index (Phi) is 7.66. The molecule has 0 heterocycles. The van der Waals surface area contributed by atoms with E-state index in [0.717, 1.165) is 6.42 Å². The topological polar surface area (TPSA) is 66.5 Å². The highest BCUT2D eigenvalue weighted by molar-refractivity contribution is 7.92. The molecule has 1 N–H and O–H groups in total. The van der Waals surface area contributed by atoms with E-state index in [-0.39, 0.29) is 17.3 Å². The zero-order valence-corrected chi connectivity index (χ0v) is 17.6. The van der Waals surface area contributed by atoms with Crippen LogP contribution in [0.4, 0.5) is 5.69 Å². The van der Waals surface area contributed by atoms with Crippen LogP contribution in [0.1, 0.15) is 30.6 Å². The number of para-hydroxylation sites is 1. The molecule has 0 saturated heterocycles. The average molecular weight is 421 g/mol. The van der Waals surface area contributed by atoms with Gasteiger partial charge in [0.25, 0.3) is 15.9 Å². The first-order valence-electron chi connectivity index (χ1n) is 9.03. The van der Waals surface area contributed by atoms with Crippen LogP contribution in [-0.4, -0.2) is 27.4 Å². The standard InChI is InChI=1S/C21H25ClN2O3S/c1-4-14-24(20-11-6-5-10-19(20)22)28(26,27)18-9-7-8-17(15-18)21(25)23-13-12-16(2)3/h4-11,15-16H,1,12-14H2,2-3H3,(H,23,25). The van der Waals surface area contributed by atoms with E-state index in [1.807, 2.05) is 0 Å². The number of hydrogen-bond acceptors (Lipinski definition) is 3. The van der Waals surface area contributed by atoms with Gasteiger partial charge in [-0.05, 0) is 42.7 Å². The molecule has 0 aliphatic heterocycles. The van der Waals surface area contributed by atoms with Gasteiger partial charge in [-0.1, -0.05) is 49.7 Å². The number of halogens is 1. The van der Waals surface area contributed by atoms with Crippen molar-refractivity contribution < 1.29 is 13.2 Å². The summed E-state index contributed by atoms with van der Waals surface area (Å²) >= 11 is 6.21. The summed E-state index contributed by atoms with van der Waals surface area (Å²) in [6.07, 6.45) is 2.34. The molecule has 5 nitrogen and oxygen atoms in total. The predicted octanol–water partition coefficient (Wildman–Crippen LogP) is 4.50. The number of carbonyl (C=O) groups excluding carboxylic acids is 1. The maximum absolute atomic E-state index is 13.2. The van der Waals surface area contributed by atoms with Crippen molar-refractivity contribution >= 4 is 33.2 Å². The third kappa shape index (κ3) is 5.36. The lowest BCUT2D eigenvalue weighted by Gasteiger charge is -2.24. The number of nitrogens with one attached hydrogen (secondary N) is 1. The first-order valence-corrected chi connectivity index (χ1v) is 10.9. The minimum absolute atomic E-state index is 0.0192. The lowest BCUT2D eigenvalue weighted by atomic mass is 10.1. The molecule has 2 aromatic carbocycles. The number of sulfonamides is 1. The van der Waals surface area contributed by atoms with Crippen molar-refractivity contribution in [3.05, 3.63) is 71.8 Å². The Balaban J connectivity index is 2.35. The van der Waals surface area contributed by atoms with Crippen molar-refractivity contribution in [3.63, 3.8) is 0 Å². The largest absolute Gasteiger partial charge is 0.352 e. The van der Waals surface area contributed by atoms with Gasteiger partial charge in [-0.2, -0.15) is 0 Å². The fourth-order valence-corrected chi connectivity index (χ4v) is 4.39. The molecule has 0 fully saturated rings. The number of hydrogen-bond donors (Lipinski definition) is 1.